The molecule has 4 rings (SSSR count). The molecule has 2 aromatic carbocycles. The van der Waals surface area contributed by atoms with Gasteiger partial charge in [0.05, 0.1) is 6.04 Å². The molecule has 0 fully saturated rings. The largest absolute Gasteiger partial charge is 0.492 e. The van der Waals surface area contributed by atoms with Crippen molar-refractivity contribution >= 4 is 0 Å². The molecule has 0 bridgehead atoms. The van der Waals surface area contributed by atoms with Gasteiger partial charge in [0.2, 0.25) is 0 Å². The maximum absolute atomic E-state index is 5.85. The van der Waals surface area contributed by atoms with Crippen molar-refractivity contribution in [3.8, 4) is 5.75 Å². The Morgan fingerprint density at radius 1 is 0.944 bits per heavy atom. The predicted molar refractivity (Wildman–Crippen MR) is 70.8 cm³/mol. The summed E-state index contributed by atoms with van der Waals surface area (Å²) in [6.45, 7) is 1.71. The third-order valence-corrected chi connectivity index (χ3v) is 4.02. The summed E-state index contributed by atoms with van der Waals surface area (Å²) in [5, 5.41) is 3.59. The van der Waals surface area contributed by atoms with Gasteiger partial charge in [0, 0.05) is 18.0 Å². The fourth-order valence-electron chi connectivity index (χ4n) is 3.16. The number of hydrogen-bond acceptors (Lipinski definition) is 2. The highest BCUT2D eigenvalue weighted by atomic mass is 16.5. The zero-order valence-corrected chi connectivity index (χ0v) is 10.1. The molecule has 0 spiro atoms. The first-order valence-electron chi connectivity index (χ1n) is 6.46. The van der Waals surface area contributed by atoms with Crippen LogP contribution in [0.4, 0.5) is 0 Å². The lowest BCUT2D eigenvalue weighted by atomic mass is 9.79. The number of rotatable bonds is 0. The molecule has 0 saturated heterocycles. The van der Waals surface area contributed by atoms with E-state index in [1.54, 1.807) is 0 Å². The monoisotopic (exact) mass is 237 g/mol. The minimum Gasteiger partial charge on any atom is -0.492 e. The SMILES string of the molecule is c1ccc2c(c1)CN[C@H]1COc3ccccc3[C@H]21. The average molecular weight is 237 g/mol. The third kappa shape index (κ3) is 1.39. The highest BCUT2D eigenvalue weighted by molar-refractivity contribution is 5.48. The second-order valence-electron chi connectivity index (χ2n) is 5.01. The van der Waals surface area contributed by atoms with Crippen molar-refractivity contribution in [2.24, 2.45) is 0 Å². The van der Waals surface area contributed by atoms with Gasteiger partial charge in [0.1, 0.15) is 12.4 Å². The van der Waals surface area contributed by atoms with Crippen LogP contribution in [0.3, 0.4) is 0 Å². The molecule has 90 valence electrons. The fraction of sp³-hybridized carbons (Fsp3) is 0.250. The maximum atomic E-state index is 5.85. The highest BCUT2D eigenvalue weighted by Gasteiger charge is 2.35. The van der Waals surface area contributed by atoms with E-state index in [1.807, 2.05) is 6.07 Å². The van der Waals surface area contributed by atoms with E-state index in [9.17, 15) is 0 Å². The van der Waals surface area contributed by atoms with E-state index < -0.39 is 0 Å². The van der Waals surface area contributed by atoms with Crippen LogP contribution >= 0.6 is 0 Å². The van der Waals surface area contributed by atoms with Crippen molar-refractivity contribution in [2.45, 2.75) is 18.5 Å². The summed E-state index contributed by atoms with van der Waals surface area (Å²) in [5.41, 5.74) is 4.18. The Labute approximate surface area is 107 Å². The van der Waals surface area contributed by atoms with Crippen molar-refractivity contribution in [1.29, 1.82) is 0 Å². The standard InChI is InChI=1S/C16H15NO/c1-2-6-12-11(5-1)9-17-14-10-18-15-8-4-3-7-13(15)16(12)14/h1-8,14,16-17H,9-10H2/t14-,16-/m0/s1. The van der Waals surface area contributed by atoms with E-state index in [0.29, 0.717) is 12.0 Å². The Balaban J connectivity index is 1.91. The van der Waals surface area contributed by atoms with Crippen LogP contribution in [0.2, 0.25) is 0 Å². The van der Waals surface area contributed by atoms with Gasteiger partial charge >= 0.3 is 0 Å². The van der Waals surface area contributed by atoms with Crippen LogP contribution in [-0.4, -0.2) is 12.6 Å². The van der Waals surface area contributed by atoms with E-state index in [1.165, 1.54) is 16.7 Å². The van der Waals surface area contributed by atoms with Gasteiger partial charge in [0.25, 0.3) is 0 Å². The summed E-state index contributed by atoms with van der Waals surface area (Å²) in [5.74, 6) is 1.47. The molecule has 2 aliphatic heterocycles. The van der Waals surface area contributed by atoms with Crippen LogP contribution in [0.15, 0.2) is 48.5 Å². The summed E-state index contributed by atoms with van der Waals surface area (Å²) in [6, 6.07) is 17.5. The molecule has 2 aromatic rings. The van der Waals surface area contributed by atoms with E-state index in [2.05, 4.69) is 47.8 Å². The molecule has 2 heterocycles. The van der Waals surface area contributed by atoms with Crippen molar-refractivity contribution in [2.75, 3.05) is 6.61 Å². The Hall–Kier alpha value is -1.80. The van der Waals surface area contributed by atoms with Crippen LogP contribution in [-0.2, 0) is 6.54 Å². The number of ether oxygens (including phenoxy) is 1. The molecule has 2 nitrogen and oxygen atoms in total. The van der Waals surface area contributed by atoms with Crippen molar-refractivity contribution < 1.29 is 4.74 Å². The second-order valence-corrected chi connectivity index (χ2v) is 5.01. The van der Waals surface area contributed by atoms with Crippen LogP contribution in [0.1, 0.15) is 22.6 Å². The predicted octanol–water partition coefficient (Wildman–Crippen LogP) is 2.68. The fourth-order valence-corrected chi connectivity index (χ4v) is 3.16. The summed E-state index contributed by atoms with van der Waals surface area (Å²) in [6.07, 6.45) is 0. The van der Waals surface area contributed by atoms with Crippen molar-refractivity contribution in [3.05, 3.63) is 65.2 Å². The molecule has 2 atom stereocenters. The van der Waals surface area contributed by atoms with Gasteiger partial charge in [-0.1, -0.05) is 42.5 Å². The molecular weight excluding hydrogens is 222 g/mol. The average Bonchev–Trinajstić information content (AvgIpc) is 2.46. The van der Waals surface area contributed by atoms with Gasteiger partial charge in [-0.15, -0.1) is 0 Å². The summed E-state index contributed by atoms with van der Waals surface area (Å²) < 4.78 is 5.85. The number of nitrogens with one attached hydrogen (secondary N) is 1. The first kappa shape index (κ1) is 10.2. The topological polar surface area (TPSA) is 21.3 Å². The van der Waals surface area contributed by atoms with Gasteiger partial charge in [-0.2, -0.15) is 0 Å². The number of para-hydroxylation sites is 1. The molecular formula is C16H15NO. The lowest BCUT2D eigenvalue weighted by Crippen LogP contribution is -2.46. The van der Waals surface area contributed by atoms with Gasteiger partial charge in [0.15, 0.2) is 0 Å². The first-order chi connectivity index (χ1) is 8.93. The van der Waals surface area contributed by atoms with Gasteiger partial charge in [-0.05, 0) is 17.2 Å². The Morgan fingerprint density at radius 2 is 1.72 bits per heavy atom. The van der Waals surface area contributed by atoms with Crippen LogP contribution in [0.25, 0.3) is 0 Å². The second kappa shape index (κ2) is 3.85. The molecule has 18 heavy (non-hydrogen) atoms. The Kier molecular flexibility index (Phi) is 2.17. The number of fused-ring (bicyclic) bond motifs is 5. The Morgan fingerprint density at radius 3 is 2.67 bits per heavy atom. The quantitative estimate of drug-likeness (QED) is 0.760. The van der Waals surface area contributed by atoms with Crippen LogP contribution < -0.4 is 10.1 Å². The third-order valence-electron chi connectivity index (χ3n) is 4.02. The molecule has 0 aliphatic carbocycles. The molecule has 0 radical (unpaired) electrons. The minimum atomic E-state index is 0.398. The van der Waals surface area contributed by atoms with Crippen molar-refractivity contribution in [3.63, 3.8) is 0 Å². The molecule has 1 N–H and O–H groups in total. The van der Waals surface area contributed by atoms with Crippen molar-refractivity contribution in [1.82, 2.24) is 5.32 Å². The normalized spacial score (nSPS) is 24.4. The van der Waals surface area contributed by atoms with Crippen LogP contribution in [0, 0.1) is 0 Å². The number of hydrogen-bond donors (Lipinski definition) is 1. The van der Waals surface area contributed by atoms with Gasteiger partial charge in [-0.3, -0.25) is 0 Å². The van der Waals surface area contributed by atoms with E-state index in [4.69, 9.17) is 4.74 Å². The lowest BCUT2D eigenvalue weighted by Gasteiger charge is -2.39. The maximum Gasteiger partial charge on any atom is 0.123 e. The zero-order valence-electron chi connectivity index (χ0n) is 10.1. The number of benzene rings is 2. The molecule has 0 aromatic heterocycles. The zero-order chi connectivity index (χ0) is 11.9. The molecule has 0 amide bonds. The van der Waals surface area contributed by atoms with E-state index in [-0.39, 0.29) is 0 Å². The summed E-state index contributed by atoms with van der Waals surface area (Å²) >= 11 is 0. The first-order valence-corrected chi connectivity index (χ1v) is 6.46. The van der Waals surface area contributed by atoms with E-state index >= 15 is 0 Å². The lowest BCUT2D eigenvalue weighted by molar-refractivity contribution is 0.216. The molecule has 0 unspecified atom stereocenters. The molecule has 0 saturated carbocycles. The smallest absolute Gasteiger partial charge is 0.123 e. The van der Waals surface area contributed by atoms with Gasteiger partial charge in [-0.25, -0.2) is 0 Å². The van der Waals surface area contributed by atoms with E-state index in [0.717, 1.165) is 18.9 Å². The van der Waals surface area contributed by atoms with Crippen LogP contribution in [0.5, 0.6) is 5.75 Å². The molecule has 2 heteroatoms. The highest BCUT2D eigenvalue weighted by Crippen LogP contribution is 2.41. The summed E-state index contributed by atoms with van der Waals surface area (Å²) in [7, 11) is 0. The Bertz CT molecular complexity index is 542. The van der Waals surface area contributed by atoms with Gasteiger partial charge < -0.3 is 10.1 Å². The molecule has 2 aliphatic rings. The summed E-state index contributed by atoms with van der Waals surface area (Å²) in [4.78, 5) is 0. The minimum absolute atomic E-state index is 0.398.